The summed E-state index contributed by atoms with van der Waals surface area (Å²) in [6, 6.07) is -0.518. The molecule has 2 saturated heterocycles. The Morgan fingerprint density at radius 1 is 1.44 bits per heavy atom. The lowest BCUT2D eigenvalue weighted by atomic mass is 10.1. The summed E-state index contributed by atoms with van der Waals surface area (Å²) in [7, 11) is 0. The standard InChI is InChI=1S/C11H18N2O4S/c1-10(2,3)17-9(16)13-5-11(6-13)12-7(4-18-11)8(14)15/h7,12H,4-6H2,1-3H3,(H,14,15)/t7-/m1/s1. The molecule has 0 aromatic rings. The van der Waals surface area contributed by atoms with Crippen LogP contribution in [0.25, 0.3) is 0 Å². The highest BCUT2D eigenvalue weighted by Gasteiger charge is 2.52. The summed E-state index contributed by atoms with van der Waals surface area (Å²) in [5, 5.41) is 12.0. The van der Waals surface area contributed by atoms with Gasteiger partial charge >= 0.3 is 12.1 Å². The topological polar surface area (TPSA) is 78.9 Å². The van der Waals surface area contributed by atoms with Gasteiger partial charge < -0.3 is 14.7 Å². The summed E-state index contributed by atoms with van der Waals surface area (Å²) in [6.07, 6.45) is -0.339. The maximum absolute atomic E-state index is 11.7. The van der Waals surface area contributed by atoms with E-state index in [1.165, 1.54) is 0 Å². The first-order valence-electron chi connectivity index (χ1n) is 5.83. The number of carboxylic acids is 1. The Labute approximate surface area is 110 Å². The van der Waals surface area contributed by atoms with E-state index in [1.54, 1.807) is 16.7 Å². The van der Waals surface area contributed by atoms with Crippen molar-refractivity contribution in [3.05, 3.63) is 0 Å². The number of amides is 1. The van der Waals surface area contributed by atoms with Gasteiger partial charge in [-0.1, -0.05) is 0 Å². The van der Waals surface area contributed by atoms with E-state index >= 15 is 0 Å². The fourth-order valence-corrected chi connectivity index (χ4v) is 3.42. The Kier molecular flexibility index (Phi) is 3.23. The lowest BCUT2D eigenvalue weighted by Crippen LogP contribution is -2.68. The van der Waals surface area contributed by atoms with Crippen molar-refractivity contribution >= 4 is 23.8 Å². The molecule has 102 valence electrons. The van der Waals surface area contributed by atoms with Crippen LogP contribution in [0, 0.1) is 0 Å². The molecule has 0 aromatic heterocycles. The predicted molar refractivity (Wildman–Crippen MR) is 67.6 cm³/mol. The van der Waals surface area contributed by atoms with Crippen LogP contribution in [0.2, 0.25) is 0 Å². The monoisotopic (exact) mass is 274 g/mol. The van der Waals surface area contributed by atoms with Crippen molar-refractivity contribution in [3.63, 3.8) is 0 Å². The lowest BCUT2D eigenvalue weighted by Gasteiger charge is -2.47. The van der Waals surface area contributed by atoms with Crippen LogP contribution in [0.5, 0.6) is 0 Å². The van der Waals surface area contributed by atoms with Crippen molar-refractivity contribution in [2.75, 3.05) is 18.8 Å². The average molecular weight is 274 g/mol. The van der Waals surface area contributed by atoms with Crippen molar-refractivity contribution < 1.29 is 19.4 Å². The van der Waals surface area contributed by atoms with Crippen molar-refractivity contribution in [2.24, 2.45) is 0 Å². The van der Waals surface area contributed by atoms with Crippen molar-refractivity contribution in [1.29, 1.82) is 0 Å². The van der Waals surface area contributed by atoms with Crippen molar-refractivity contribution in [1.82, 2.24) is 10.2 Å². The molecule has 2 N–H and O–H groups in total. The number of carbonyl (C=O) groups excluding carboxylic acids is 1. The molecule has 0 aromatic carbocycles. The molecule has 0 bridgehead atoms. The average Bonchev–Trinajstić information content (AvgIpc) is 2.56. The first kappa shape index (κ1) is 13.5. The number of carbonyl (C=O) groups is 2. The first-order valence-corrected chi connectivity index (χ1v) is 6.82. The van der Waals surface area contributed by atoms with Gasteiger partial charge in [-0.3, -0.25) is 10.1 Å². The second-order valence-electron chi connectivity index (χ2n) is 5.68. The summed E-state index contributed by atoms with van der Waals surface area (Å²) < 4.78 is 5.25. The molecule has 2 rings (SSSR count). The van der Waals surface area contributed by atoms with Crippen LogP contribution in [0.1, 0.15) is 20.8 Å². The number of thioether (sulfide) groups is 1. The van der Waals surface area contributed by atoms with Gasteiger partial charge in [0.1, 0.15) is 16.5 Å². The predicted octanol–water partition coefficient (Wildman–Crippen LogP) is 0.723. The summed E-state index contributed by atoms with van der Waals surface area (Å²) in [4.78, 5) is 23.9. The lowest BCUT2D eigenvalue weighted by molar-refractivity contribution is -0.139. The van der Waals surface area contributed by atoms with Crippen LogP contribution in [0.4, 0.5) is 4.79 Å². The first-order chi connectivity index (χ1) is 8.21. The van der Waals surface area contributed by atoms with Crippen LogP contribution in [0.3, 0.4) is 0 Å². The van der Waals surface area contributed by atoms with Gasteiger partial charge in [-0.15, -0.1) is 11.8 Å². The molecule has 2 aliphatic heterocycles. The van der Waals surface area contributed by atoms with Gasteiger partial charge in [-0.05, 0) is 20.8 Å². The Morgan fingerprint density at radius 3 is 2.50 bits per heavy atom. The molecule has 2 heterocycles. The van der Waals surface area contributed by atoms with E-state index in [0.717, 1.165) is 0 Å². The van der Waals surface area contributed by atoms with E-state index in [2.05, 4.69) is 5.32 Å². The minimum absolute atomic E-state index is 0.292. The van der Waals surface area contributed by atoms with Crippen LogP contribution >= 0.6 is 11.8 Å². The Morgan fingerprint density at radius 2 is 2.06 bits per heavy atom. The van der Waals surface area contributed by atoms with E-state index in [1.807, 2.05) is 20.8 Å². The van der Waals surface area contributed by atoms with Crippen LogP contribution in [-0.4, -0.2) is 57.4 Å². The highest BCUT2D eigenvalue weighted by molar-refractivity contribution is 8.01. The maximum atomic E-state index is 11.7. The quantitative estimate of drug-likeness (QED) is 0.733. The van der Waals surface area contributed by atoms with Crippen LogP contribution in [-0.2, 0) is 9.53 Å². The number of carboxylic acid groups (broad SMARTS) is 1. The van der Waals surface area contributed by atoms with E-state index in [-0.39, 0.29) is 11.0 Å². The third kappa shape index (κ3) is 2.72. The number of hydrogen-bond acceptors (Lipinski definition) is 5. The Hall–Kier alpha value is -0.950. The van der Waals surface area contributed by atoms with Gasteiger partial charge in [0.05, 0.1) is 13.1 Å². The molecular weight excluding hydrogens is 256 g/mol. The molecule has 0 aliphatic carbocycles. The SMILES string of the molecule is CC(C)(C)OC(=O)N1CC2(C1)N[C@@H](C(=O)O)CS2. The van der Waals surface area contributed by atoms with E-state index in [0.29, 0.717) is 18.8 Å². The number of rotatable bonds is 1. The number of ether oxygens (including phenoxy) is 1. The molecule has 2 aliphatic rings. The number of nitrogens with zero attached hydrogens (tertiary/aromatic N) is 1. The minimum atomic E-state index is -0.838. The normalized spacial score (nSPS) is 25.9. The summed E-state index contributed by atoms with van der Waals surface area (Å²) in [5.74, 6) is -0.299. The Bertz CT molecular complexity index is 374. The molecule has 1 amide bonds. The van der Waals surface area contributed by atoms with E-state index in [4.69, 9.17) is 9.84 Å². The smallest absolute Gasteiger partial charge is 0.410 e. The van der Waals surface area contributed by atoms with Gasteiger partial charge in [0.15, 0.2) is 0 Å². The van der Waals surface area contributed by atoms with Gasteiger partial charge in [-0.25, -0.2) is 4.79 Å². The molecule has 1 spiro atoms. The second-order valence-corrected chi connectivity index (χ2v) is 7.08. The summed E-state index contributed by atoms with van der Waals surface area (Å²) >= 11 is 1.57. The van der Waals surface area contributed by atoms with E-state index in [9.17, 15) is 9.59 Å². The number of hydrogen-bond donors (Lipinski definition) is 2. The number of likely N-dealkylation sites (tertiary alicyclic amines) is 1. The summed E-state index contributed by atoms with van der Waals surface area (Å²) in [5.41, 5.74) is -0.500. The van der Waals surface area contributed by atoms with Crippen LogP contribution in [0.15, 0.2) is 0 Å². The van der Waals surface area contributed by atoms with Gasteiger partial charge in [-0.2, -0.15) is 0 Å². The molecular formula is C11H18N2O4S. The largest absolute Gasteiger partial charge is 0.480 e. The van der Waals surface area contributed by atoms with Gasteiger partial charge in [0.25, 0.3) is 0 Å². The van der Waals surface area contributed by atoms with E-state index < -0.39 is 17.6 Å². The molecule has 7 heteroatoms. The molecule has 1 atom stereocenters. The third-order valence-electron chi connectivity index (χ3n) is 2.81. The fourth-order valence-electron chi connectivity index (χ4n) is 1.99. The number of aliphatic carboxylic acids is 1. The summed E-state index contributed by atoms with van der Waals surface area (Å²) in [6.45, 7) is 6.46. The van der Waals surface area contributed by atoms with Crippen LogP contribution < -0.4 is 5.32 Å². The van der Waals surface area contributed by atoms with Gasteiger partial charge in [0, 0.05) is 5.75 Å². The molecule has 2 fully saturated rings. The third-order valence-corrected chi connectivity index (χ3v) is 4.23. The zero-order valence-electron chi connectivity index (χ0n) is 10.7. The van der Waals surface area contributed by atoms with Crippen molar-refractivity contribution in [2.45, 2.75) is 37.3 Å². The number of nitrogens with one attached hydrogen (secondary N) is 1. The minimum Gasteiger partial charge on any atom is -0.480 e. The zero-order valence-corrected chi connectivity index (χ0v) is 11.5. The second kappa shape index (κ2) is 4.31. The molecule has 0 saturated carbocycles. The molecule has 0 unspecified atom stereocenters. The molecule has 6 nitrogen and oxygen atoms in total. The highest BCUT2D eigenvalue weighted by Crippen LogP contribution is 2.38. The van der Waals surface area contributed by atoms with Gasteiger partial charge in [0.2, 0.25) is 0 Å². The fraction of sp³-hybridized carbons (Fsp3) is 0.818. The Balaban J connectivity index is 1.84. The maximum Gasteiger partial charge on any atom is 0.410 e. The zero-order chi connectivity index (χ0) is 13.6. The van der Waals surface area contributed by atoms with Crippen molar-refractivity contribution in [3.8, 4) is 0 Å². The highest BCUT2D eigenvalue weighted by atomic mass is 32.2. The molecule has 18 heavy (non-hydrogen) atoms. The molecule has 0 radical (unpaired) electrons.